The number of aliphatic hydroxyl groups is 1. The summed E-state index contributed by atoms with van der Waals surface area (Å²) in [6.07, 6.45) is 9.12. The molecule has 3 unspecified atom stereocenters. The van der Waals surface area contributed by atoms with Gasteiger partial charge in [-0.15, -0.1) is 0 Å². The van der Waals surface area contributed by atoms with E-state index in [2.05, 4.69) is 19.2 Å². The first kappa shape index (κ1) is 13.4. The monoisotopic (exact) mass is 239 g/mol. The maximum absolute atomic E-state index is 9.62. The summed E-state index contributed by atoms with van der Waals surface area (Å²) >= 11 is 0. The average Bonchev–Trinajstić information content (AvgIpc) is 2.80. The smallest absolute Gasteiger partial charge is 0.0499 e. The Morgan fingerprint density at radius 2 is 1.88 bits per heavy atom. The van der Waals surface area contributed by atoms with E-state index < -0.39 is 0 Å². The number of hydrogen-bond donors (Lipinski definition) is 2. The van der Waals surface area contributed by atoms with Crippen molar-refractivity contribution in [3.8, 4) is 0 Å². The van der Waals surface area contributed by atoms with Crippen molar-refractivity contribution < 1.29 is 5.11 Å². The lowest BCUT2D eigenvalue weighted by molar-refractivity contribution is 0.113. The van der Waals surface area contributed by atoms with Crippen LogP contribution in [0.2, 0.25) is 0 Å². The molecule has 0 spiro atoms. The maximum Gasteiger partial charge on any atom is 0.0499 e. The number of nitrogens with one attached hydrogen (secondary N) is 1. The molecule has 0 bridgehead atoms. The molecule has 0 aromatic heterocycles. The molecule has 2 heteroatoms. The molecule has 2 rings (SSSR count). The lowest BCUT2D eigenvalue weighted by Gasteiger charge is -2.36. The van der Waals surface area contributed by atoms with Crippen LogP contribution in [0.4, 0.5) is 0 Å². The minimum absolute atomic E-state index is 0.209. The van der Waals surface area contributed by atoms with Gasteiger partial charge in [0.15, 0.2) is 0 Å². The van der Waals surface area contributed by atoms with Crippen LogP contribution < -0.4 is 5.32 Å². The predicted octanol–water partition coefficient (Wildman–Crippen LogP) is 2.95. The molecule has 17 heavy (non-hydrogen) atoms. The summed E-state index contributed by atoms with van der Waals surface area (Å²) in [5.74, 6) is 1.68. The Kier molecular flexibility index (Phi) is 4.48. The quantitative estimate of drug-likeness (QED) is 0.790. The van der Waals surface area contributed by atoms with E-state index in [1.165, 1.54) is 44.9 Å². The zero-order valence-corrected chi connectivity index (χ0v) is 11.5. The van der Waals surface area contributed by atoms with Gasteiger partial charge in [0.2, 0.25) is 0 Å². The lowest BCUT2D eigenvalue weighted by Crippen LogP contribution is -2.45. The second-order valence-corrected chi connectivity index (χ2v) is 6.75. The largest absolute Gasteiger partial charge is 0.396 e. The molecular formula is C15H29NO. The molecule has 0 heterocycles. The third-order valence-corrected chi connectivity index (χ3v) is 5.20. The summed E-state index contributed by atoms with van der Waals surface area (Å²) in [5, 5.41) is 13.4. The second-order valence-electron chi connectivity index (χ2n) is 6.75. The molecule has 0 amide bonds. The lowest BCUT2D eigenvalue weighted by atomic mass is 9.79. The molecule has 0 aromatic rings. The van der Waals surface area contributed by atoms with E-state index >= 15 is 0 Å². The zero-order valence-electron chi connectivity index (χ0n) is 11.5. The molecule has 100 valence electrons. The van der Waals surface area contributed by atoms with E-state index in [1.54, 1.807) is 0 Å². The first-order valence-electron chi connectivity index (χ1n) is 7.49. The first-order chi connectivity index (χ1) is 8.15. The molecule has 2 aliphatic carbocycles. The van der Waals surface area contributed by atoms with Gasteiger partial charge in [0.1, 0.15) is 0 Å². The van der Waals surface area contributed by atoms with E-state index in [-0.39, 0.29) is 5.41 Å². The van der Waals surface area contributed by atoms with Crippen molar-refractivity contribution in [2.24, 2.45) is 17.3 Å². The Labute approximate surface area is 106 Å². The van der Waals surface area contributed by atoms with Gasteiger partial charge in [-0.05, 0) is 37.5 Å². The summed E-state index contributed by atoms with van der Waals surface area (Å²) in [6.45, 7) is 6.16. The van der Waals surface area contributed by atoms with Gasteiger partial charge in [0.05, 0.1) is 0 Å². The van der Waals surface area contributed by atoms with Crippen LogP contribution in [0.15, 0.2) is 0 Å². The van der Waals surface area contributed by atoms with E-state index in [0.29, 0.717) is 12.6 Å². The fourth-order valence-corrected chi connectivity index (χ4v) is 3.68. The minimum atomic E-state index is 0.209. The molecule has 2 fully saturated rings. The molecule has 2 aliphatic rings. The normalized spacial score (nSPS) is 37.2. The molecule has 0 aliphatic heterocycles. The van der Waals surface area contributed by atoms with Crippen molar-refractivity contribution >= 4 is 0 Å². The summed E-state index contributed by atoms with van der Waals surface area (Å²) in [7, 11) is 0. The molecule has 0 saturated heterocycles. The predicted molar refractivity (Wildman–Crippen MR) is 72.0 cm³/mol. The van der Waals surface area contributed by atoms with Crippen molar-refractivity contribution in [3.63, 3.8) is 0 Å². The SMILES string of the molecule is CC1CCC(C)C(NCC2(CO)CCCC2)C1. The van der Waals surface area contributed by atoms with Gasteiger partial charge in [-0.25, -0.2) is 0 Å². The van der Waals surface area contributed by atoms with Crippen molar-refractivity contribution in [3.05, 3.63) is 0 Å². The van der Waals surface area contributed by atoms with Gasteiger partial charge in [0.25, 0.3) is 0 Å². The third kappa shape index (κ3) is 3.23. The number of rotatable bonds is 4. The van der Waals surface area contributed by atoms with Gasteiger partial charge in [-0.1, -0.05) is 33.1 Å². The average molecular weight is 239 g/mol. The van der Waals surface area contributed by atoms with Crippen molar-refractivity contribution in [1.29, 1.82) is 0 Å². The van der Waals surface area contributed by atoms with Gasteiger partial charge >= 0.3 is 0 Å². The van der Waals surface area contributed by atoms with Gasteiger partial charge in [0, 0.05) is 24.6 Å². The molecular weight excluding hydrogens is 210 g/mol. The molecule has 0 aromatic carbocycles. The number of hydrogen-bond acceptors (Lipinski definition) is 2. The van der Waals surface area contributed by atoms with Crippen LogP contribution in [0.1, 0.15) is 58.8 Å². The maximum atomic E-state index is 9.62. The second kappa shape index (κ2) is 5.71. The third-order valence-electron chi connectivity index (χ3n) is 5.20. The fourth-order valence-electron chi connectivity index (χ4n) is 3.68. The Morgan fingerprint density at radius 3 is 2.53 bits per heavy atom. The highest BCUT2D eigenvalue weighted by Crippen LogP contribution is 2.37. The molecule has 3 atom stereocenters. The zero-order chi connectivity index (χ0) is 12.3. The summed E-state index contributed by atoms with van der Waals surface area (Å²) < 4.78 is 0. The van der Waals surface area contributed by atoms with Crippen LogP contribution in [0.25, 0.3) is 0 Å². The van der Waals surface area contributed by atoms with Crippen LogP contribution in [-0.2, 0) is 0 Å². The summed E-state index contributed by atoms with van der Waals surface area (Å²) in [5.41, 5.74) is 0.209. The van der Waals surface area contributed by atoms with Crippen LogP contribution >= 0.6 is 0 Å². The number of aliphatic hydroxyl groups excluding tert-OH is 1. The van der Waals surface area contributed by atoms with Crippen molar-refractivity contribution in [2.75, 3.05) is 13.2 Å². The summed E-state index contributed by atoms with van der Waals surface area (Å²) in [4.78, 5) is 0. The van der Waals surface area contributed by atoms with Crippen LogP contribution in [0.5, 0.6) is 0 Å². The van der Waals surface area contributed by atoms with E-state index in [9.17, 15) is 5.11 Å². The fraction of sp³-hybridized carbons (Fsp3) is 1.00. The highest BCUT2D eigenvalue weighted by atomic mass is 16.3. The van der Waals surface area contributed by atoms with Crippen LogP contribution in [-0.4, -0.2) is 24.3 Å². The van der Waals surface area contributed by atoms with E-state index in [1.807, 2.05) is 0 Å². The molecule has 0 radical (unpaired) electrons. The topological polar surface area (TPSA) is 32.3 Å². The van der Waals surface area contributed by atoms with E-state index in [0.717, 1.165) is 18.4 Å². The van der Waals surface area contributed by atoms with E-state index in [4.69, 9.17) is 0 Å². The molecule has 2 saturated carbocycles. The van der Waals surface area contributed by atoms with Gasteiger partial charge in [-0.2, -0.15) is 0 Å². The van der Waals surface area contributed by atoms with Crippen LogP contribution in [0, 0.1) is 17.3 Å². The highest BCUT2D eigenvalue weighted by Gasteiger charge is 2.34. The first-order valence-corrected chi connectivity index (χ1v) is 7.49. The van der Waals surface area contributed by atoms with Crippen molar-refractivity contribution in [1.82, 2.24) is 5.32 Å². The van der Waals surface area contributed by atoms with Gasteiger partial charge < -0.3 is 10.4 Å². The Morgan fingerprint density at radius 1 is 1.18 bits per heavy atom. The summed E-state index contributed by atoms with van der Waals surface area (Å²) in [6, 6.07) is 0.683. The Hall–Kier alpha value is -0.0800. The van der Waals surface area contributed by atoms with Crippen molar-refractivity contribution in [2.45, 2.75) is 64.8 Å². The standard InChI is InChI=1S/C15H29NO/c1-12-5-6-13(2)14(9-12)16-10-15(11-17)7-3-4-8-15/h12-14,16-17H,3-11H2,1-2H3. The van der Waals surface area contributed by atoms with Crippen LogP contribution in [0.3, 0.4) is 0 Å². The Balaban J connectivity index is 1.83. The highest BCUT2D eigenvalue weighted by molar-refractivity contribution is 4.89. The molecule has 2 N–H and O–H groups in total. The Bertz CT molecular complexity index is 235. The minimum Gasteiger partial charge on any atom is -0.396 e. The van der Waals surface area contributed by atoms with Gasteiger partial charge in [-0.3, -0.25) is 0 Å². The molecule has 2 nitrogen and oxygen atoms in total.